The lowest BCUT2D eigenvalue weighted by atomic mass is 9.77. The zero-order valence-corrected chi connectivity index (χ0v) is 34.2. The smallest absolute Gasteiger partial charge is 0.340 e. The van der Waals surface area contributed by atoms with Gasteiger partial charge < -0.3 is 51.0 Å². The third-order valence-electron chi connectivity index (χ3n) is 11.3. The first-order chi connectivity index (χ1) is 29.2. The fourth-order valence-electron chi connectivity index (χ4n) is 8.20. The lowest BCUT2D eigenvalue weighted by molar-refractivity contribution is -0.138. The summed E-state index contributed by atoms with van der Waals surface area (Å²) in [5, 5.41) is 41.6. The van der Waals surface area contributed by atoms with Crippen molar-refractivity contribution >= 4 is 56.8 Å². The highest BCUT2D eigenvalue weighted by Gasteiger charge is 2.53. The summed E-state index contributed by atoms with van der Waals surface area (Å²) < 4.78 is 40.1. The number of anilines is 1. The molecule has 1 atom stereocenters. The summed E-state index contributed by atoms with van der Waals surface area (Å²) in [6, 6.07) is 16.7. The van der Waals surface area contributed by atoms with Gasteiger partial charge in [-0.1, -0.05) is 12.1 Å². The van der Waals surface area contributed by atoms with Crippen LogP contribution in [0, 0.1) is 5.92 Å². The summed E-state index contributed by atoms with van der Waals surface area (Å²) in [5.74, 6) is -2.72. The van der Waals surface area contributed by atoms with E-state index in [1.807, 2.05) is 0 Å². The molecule has 8 N–H and O–H groups in total. The Morgan fingerprint density at radius 2 is 1.59 bits per heavy atom. The standard InChI is InChI=1S/C42H42N6O11S2/c49-27-4-7-32-35(19-27)58-36-20-28(50)5-8-33(36)42(32)31-6-3-26(18-30(31)40(55)59-42)46-41(60)44-14-16-61(56,57)47-34(39(53)54)21-45-37(51)24-1-2-25-22-48(38(52)29(25)17-24)15-11-23-9-12-43-13-10-23/h1-8,17-20,23,34,43,47,49-50H,9-16,21-22H2,(H,45,51)(H,53,54)(H2,44,46,60)/t34-/m0/s1. The second-order valence-electron chi connectivity index (χ2n) is 15.3. The first kappa shape index (κ1) is 41.5. The Balaban J connectivity index is 0.846. The van der Waals surface area contributed by atoms with Gasteiger partial charge in [-0.05, 0) is 105 Å². The van der Waals surface area contributed by atoms with Gasteiger partial charge in [-0.2, -0.15) is 4.72 Å². The first-order valence-corrected chi connectivity index (χ1v) is 21.7. The molecule has 0 bridgehead atoms. The number of aromatic hydroxyl groups is 2. The first-order valence-electron chi connectivity index (χ1n) is 19.6. The number of benzene rings is 4. The van der Waals surface area contributed by atoms with Gasteiger partial charge in [-0.15, -0.1) is 0 Å². The van der Waals surface area contributed by atoms with Crippen LogP contribution in [0.25, 0.3) is 0 Å². The number of aliphatic carboxylic acids is 1. The van der Waals surface area contributed by atoms with Gasteiger partial charge in [0.2, 0.25) is 10.0 Å². The number of carbonyl (C=O) groups is 4. The Bertz CT molecular complexity index is 2530. The van der Waals surface area contributed by atoms with Gasteiger partial charge in [-0.25, -0.2) is 13.2 Å². The number of nitrogens with zero attached hydrogens (tertiary/aromatic N) is 1. The number of ether oxygens (including phenoxy) is 2. The Labute approximate surface area is 355 Å². The second-order valence-corrected chi connectivity index (χ2v) is 17.6. The maximum atomic E-state index is 13.4. The van der Waals surface area contributed by atoms with Crippen molar-refractivity contribution < 1.29 is 52.4 Å². The molecular weight excluding hydrogens is 829 g/mol. The molecule has 0 aromatic heterocycles. The van der Waals surface area contributed by atoms with Crippen LogP contribution in [0.3, 0.4) is 0 Å². The number of carbonyl (C=O) groups excluding carboxylic acids is 3. The number of hydrogen-bond donors (Lipinski definition) is 8. The average molecular weight is 871 g/mol. The number of nitrogens with one attached hydrogen (secondary N) is 5. The molecule has 318 valence electrons. The molecule has 1 spiro atoms. The molecule has 4 aromatic rings. The molecule has 0 unspecified atom stereocenters. The van der Waals surface area contributed by atoms with Crippen molar-refractivity contribution in [3.63, 3.8) is 0 Å². The van der Waals surface area contributed by atoms with Crippen LogP contribution in [0.5, 0.6) is 23.0 Å². The second kappa shape index (κ2) is 16.6. The van der Waals surface area contributed by atoms with Crippen molar-refractivity contribution in [3.8, 4) is 23.0 Å². The van der Waals surface area contributed by atoms with Crippen LogP contribution < -0.4 is 30.7 Å². The van der Waals surface area contributed by atoms with E-state index in [1.54, 1.807) is 41.3 Å². The normalized spacial score (nSPS) is 16.7. The van der Waals surface area contributed by atoms with Gasteiger partial charge in [0, 0.05) is 71.8 Å². The third-order valence-corrected chi connectivity index (χ3v) is 12.9. The largest absolute Gasteiger partial charge is 0.508 e. The van der Waals surface area contributed by atoms with E-state index in [4.69, 9.17) is 21.7 Å². The summed E-state index contributed by atoms with van der Waals surface area (Å²) in [4.78, 5) is 53.4. The summed E-state index contributed by atoms with van der Waals surface area (Å²) in [6.07, 6.45) is 3.05. The van der Waals surface area contributed by atoms with Crippen LogP contribution in [-0.4, -0.2) is 102 Å². The number of fused-ring (bicyclic) bond motifs is 7. The molecule has 1 fully saturated rings. The molecule has 0 radical (unpaired) electrons. The fourth-order valence-corrected chi connectivity index (χ4v) is 9.53. The maximum Gasteiger partial charge on any atom is 0.340 e. The topological polar surface area (TPSA) is 245 Å². The number of esters is 1. The van der Waals surface area contributed by atoms with Crippen LogP contribution >= 0.6 is 12.2 Å². The minimum absolute atomic E-state index is 0.00343. The molecule has 4 heterocycles. The number of carboxylic acids is 1. The fraction of sp³-hybridized carbons (Fsp3) is 0.310. The van der Waals surface area contributed by atoms with Gasteiger partial charge in [0.1, 0.15) is 29.0 Å². The molecule has 0 aliphatic carbocycles. The van der Waals surface area contributed by atoms with Crippen molar-refractivity contribution in [1.82, 2.24) is 25.6 Å². The van der Waals surface area contributed by atoms with E-state index in [9.17, 15) is 42.9 Å². The van der Waals surface area contributed by atoms with E-state index in [0.717, 1.165) is 37.9 Å². The van der Waals surface area contributed by atoms with Crippen molar-refractivity contribution in [3.05, 3.63) is 112 Å². The van der Waals surface area contributed by atoms with Crippen molar-refractivity contribution in [2.24, 2.45) is 5.92 Å². The highest BCUT2D eigenvalue weighted by molar-refractivity contribution is 7.89. The highest BCUT2D eigenvalue weighted by atomic mass is 32.2. The molecule has 2 amide bonds. The van der Waals surface area contributed by atoms with Gasteiger partial charge in [0.15, 0.2) is 10.7 Å². The van der Waals surface area contributed by atoms with Crippen molar-refractivity contribution in [2.45, 2.75) is 37.5 Å². The molecule has 0 saturated carbocycles. The average Bonchev–Trinajstić information content (AvgIpc) is 3.70. The Morgan fingerprint density at radius 3 is 2.28 bits per heavy atom. The number of phenolic OH excluding ortho intramolecular Hbond substituents is 2. The maximum absolute atomic E-state index is 13.4. The molecule has 61 heavy (non-hydrogen) atoms. The van der Waals surface area contributed by atoms with Gasteiger partial charge in [-0.3, -0.25) is 14.4 Å². The molecule has 4 aromatic carbocycles. The molecule has 4 aliphatic rings. The monoisotopic (exact) mass is 870 g/mol. The molecule has 19 heteroatoms. The summed E-state index contributed by atoms with van der Waals surface area (Å²) in [5.41, 5.74) is 1.85. The number of piperidine rings is 1. The quantitative estimate of drug-likeness (QED) is 0.0711. The molecule has 1 saturated heterocycles. The lowest BCUT2D eigenvalue weighted by Crippen LogP contribution is -2.49. The predicted molar refractivity (Wildman–Crippen MR) is 224 cm³/mol. The van der Waals surface area contributed by atoms with Crippen LogP contribution in [0.15, 0.2) is 72.8 Å². The van der Waals surface area contributed by atoms with Crippen LogP contribution in [-0.2, 0) is 31.7 Å². The SMILES string of the molecule is O=C(NC[C@H](NS(=O)(=O)CCNC(=S)Nc1ccc2c(c1)C(=O)OC21c2ccc(O)cc2Oc2cc(O)ccc21)C(=O)O)c1ccc2c(c1)C(=O)N(CCC1CCNCC1)C2. The lowest BCUT2D eigenvalue weighted by Gasteiger charge is -2.36. The highest BCUT2D eigenvalue weighted by Crippen LogP contribution is 2.57. The van der Waals surface area contributed by atoms with Gasteiger partial charge in [0.05, 0.1) is 11.3 Å². The Hall–Kier alpha value is -6.28. The van der Waals surface area contributed by atoms with Crippen LogP contribution in [0.1, 0.15) is 72.6 Å². The number of amides is 2. The zero-order valence-electron chi connectivity index (χ0n) is 32.5. The van der Waals surface area contributed by atoms with Gasteiger partial charge in [0.25, 0.3) is 11.8 Å². The van der Waals surface area contributed by atoms with Crippen molar-refractivity contribution in [2.75, 3.05) is 43.8 Å². The molecule has 17 nitrogen and oxygen atoms in total. The number of rotatable bonds is 13. The number of hydrogen-bond acceptors (Lipinski definition) is 12. The van der Waals surface area contributed by atoms with E-state index in [-0.39, 0.29) is 51.7 Å². The van der Waals surface area contributed by atoms with E-state index in [2.05, 4.69) is 26.0 Å². The van der Waals surface area contributed by atoms with Crippen LogP contribution in [0.4, 0.5) is 5.69 Å². The van der Waals surface area contributed by atoms with E-state index >= 15 is 0 Å². The Kier molecular flexibility index (Phi) is 11.3. The third kappa shape index (κ3) is 8.41. The van der Waals surface area contributed by atoms with Crippen LogP contribution in [0.2, 0.25) is 0 Å². The zero-order chi connectivity index (χ0) is 43.1. The van der Waals surface area contributed by atoms with Crippen molar-refractivity contribution in [1.29, 1.82) is 0 Å². The molecule has 8 rings (SSSR count). The summed E-state index contributed by atoms with van der Waals surface area (Å²) in [6.45, 7) is 2.22. The van der Waals surface area contributed by atoms with E-state index < -0.39 is 51.8 Å². The molecular formula is C42H42N6O11S2. The number of phenols is 2. The minimum atomic E-state index is -4.22. The summed E-state index contributed by atoms with van der Waals surface area (Å²) >= 11 is 5.37. The predicted octanol–water partition coefficient (Wildman–Crippen LogP) is 3.10. The Morgan fingerprint density at radius 1 is 0.902 bits per heavy atom. The number of thiocarbonyl (C=S) groups is 1. The van der Waals surface area contributed by atoms with E-state index in [0.29, 0.717) is 46.9 Å². The number of sulfonamides is 1. The summed E-state index contributed by atoms with van der Waals surface area (Å²) in [7, 11) is -4.22. The number of carboxylic acid groups (broad SMARTS) is 1. The van der Waals surface area contributed by atoms with E-state index in [1.165, 1.54) is 36.4 Å². The molecule has 4 aliphatic heterocycles. The minimum Gasteiger partial charge on any atom is -0.508 e. The van der Waals surface area contributed by atoms with Gasteiger partial charge >= 0.3 is 11.9 Å².